The van der Waals surface area contributed by atoms with Crippen LogP contribution in [0.3, 0.4) is 0 Å². The third kappa shape index (κ3) is 6.25. The SMILES string of the molecule is CCCC[NH+](C)CCC(=O)Nc1cccc(OC)c1. The highest BCUT2D eigenvalue weighted by atomic mass is 16.5. The molecule has 0 aromatic heterocycles. The van der Waals surface area contributed by atoms with Crippen LogP contribution in [0.2, 0.25) is 0 Å². The van der Waals surface area contributed by atoms with Gasteiger partial charge in [-0.1, -0.05) is 19.4 Å². The molecule has 1 rings (SSSR count). The van der Waals surface area contributed by atoms with Gasteiger partial charge in [-0.25, -0.2) is 0 Å². The van der Waals surface area contributed by atoms with Crippen LogP contribution in [0, 0.1) is 0 Å². The molecule has 0 fully saturated rings. The molecule has 4 heteroatoms. The fourth-order valence-corrected chi connectivity index (χ4v) is 1.85. The Morgan fingerprint density at radius 1 is 1.37 bits per heavy atom. The van der Waals surface area contributed by atoms with Crippen molar-refractivity contribution in [3.8, 4) is 5.75 Å². The molecule has 1 unspecified atom stereocenters. The van der Waals surface area contributed by atoms with Gasteiger partial charge in [-0.15, -0.1) is 0 Å². The second-order valence-corrected chi connectivity index (χ2v) is 4.84. The third-order valence-corrected chi connectivity index (χ3v) is 3.09. The maximum absolute atomic E-state index is 11.8. The smallest absolute Gasteiger partial charge is 0.230 e. The molecule has 0 saturated heterocycles. The van der Waals surface area contributed by atoms with Gasteiger partial charge in [-0.2, -0.15) is 0 Å². The Morgan fingerprint density at radius 2 is 2.16 bits per heavy atom. The molecule has 0 radical (unpaired) electrons. The molecule has 19 heavy (non-hydrogen) atoms. The van der Waals surface area contributed by atoms with Crippen molar-refractivity contribution >= 4 is 11.6 Å². The van der Waals surface area contributed by atoms with Gasteiger partial charge in [-0.3, -0.25) is 4.79 Å². The summed E-state index contributed by atoms with van der Waals surface area (Å²) in [5.41, 5.74) is 0.788. The molecule has 1 aromatic carbocycles. The molecule has 0 aliphatic heterocycles. The number of quaternary nitrogens is 1. The minimum atomic E-state index is 0.0594. The van der Waals surface area contributed by atoms with Crippen LogP contribution in [0.5, 0.6) is 5.75 Å². The van der Waals surface area contributed by atoms with E-state index in [0.29, 0.717) is 6.42 Å². The molecular weight excluding hydrogens is 240 g/mol. The Bertz CT molecular complexity index is 393. The van der Waals surface area contributed by atoms with Crippen LogP contribution >= 0.6 is 0 Å². The molecule has 0 aliphatic rings. The molecule has 1 aromatic rings. The van der Waals surface area contributed by atoms with Gasteiger partial charge in [0.1, 0.15) is 5.75 Å². The molecule has 2 N–H and O–H groups in total. The summed E-state index contributed by atoms with van der Waals surface area (Å²) in [6, 6.07) is 7.42. The number of carbonyl (C=O) groups excluding carboxylic acids is 1. The molecule has 0 heterocycles. The van der Waals surface area contributed by atoms with E-state index in [1.54, 1.807) is 7.11 Å². The van der Waals surface area contributed by atoms with E-state index in [-0.39, 0.29) is 5.91 Å². The van der Waals surface area contributed by atoms with Gasteiger partial charge in [0, 0.05) is 11.8 Å². The highest BCUT2D eigenvalue weighted by Crippen LogP contribution is 2.16. The average Bonchev–Trinajstić information content (AvgIpc) is 2.43. The first-order valence-corrected chi connectivity index (χ1v) is 6.91. The summed E-state index contributed by atoms with van der Waals surface area (Å²) >= 11 is 0. The zero-order chi connectivity index (χ0) is 14.1. The second-order valence-electron chi connectivity index (χ2n) is 4.84. The maximum Gasteiger partial charge on any atom is 0.230 e. The Balaban J connectivity index is 2.34. The van der Waals surface area contributed by atoms with E-state index in [9.17, 15) is 4.79 Å². The van der Waals surface area contributed by atoms with Crippen molar-refractivity contribution in [1.29, 1.82) is 0 Å². The minimum absolute atomic E-state index is 0.0594. The summed E-state index contributed by atoms with van der Waals surface area (Å²) in [7, 11) is 3.75. The number of benzene rings is 1. The first-order valence-electron chi connectivity index (χ1n) is 6.91. The lowest BCUT2D eigenvalue weighted by Gasteiger charge is -2.13. The van der Waals surface area contributed by atoms with Crippen molar-refractivity contribution in [2.24, 2.45) is 0 Å². The third-order valence-electron chi connectivity index (χ3n) is 3.09. The topological polar surface area (TPSA) is 42.8 Å². The number of ether oxygens (including phenoxy) is 1. The molecule has 0 spiro atoms. The lowest BCUT2D eigenvalue weighted by Crippen LogP contribution is -3.09. The zero-order valence-electron chi connectivity index (χ0n) is 12.2. The monoisotopic (exact) mass is 265 g/mol. The number of amides is 1. The fraction of sp³-hybridized carbons (Fsp3) is 0.533. The summed E-state index contributed by atoms with van der Waals surface area (Å²) in [6.07, 6.45) is 2.96. The molecule has 106 valence electrons. The first-order chi connectivity index (χ1) is 9.15. The standard InChI is InChI=1S/C15H24N2O2/c1-4-5-10-17(2)11-9-15(18)16-13-7-6-8-14(12-13)19-3/h6-8,12H,4-5,9-11H2,1-3H3,(H,16,18)/p+1. The largest absolute Gasteiger partial charge is 0.497 e. The van der Waals surface area contributed by atoms with Crippen molar-refractivity contribution in [3.63, 3.8) is 0 Å². The predicted octanol–water partition coefficient (Wildman–Crippen LogP) is 1.34. The number of anilines is 1. The van der Waals surface area contributed by atoms with E-state index < -0.39 is 0 Å². The van der Waals surface area contributed by atoms with E-state index in [4.69, 9.17) is 4.74 Å². The molecule has 1 atom stereocenters. The fourth-order valence-electron chi connectivity index (χ4n) is 1.85. The van der Waals surface area contributed by atoms with Crippen LogP contribution in [0.25, 0.3) is 0 Å². The van der Waals surface area contributed by atoms with E-state index in [2.05, 4.69) is 19.3 Å². The van der Waals surface area contributed by atoms with Gasteiger partial charge in [-0.05, 0) is 18.6 Å². The van der Waals surface area contributed by atoms with Crippen molar-refractivity contribution in [2.75, 3.05) is 32.6 Å². The number of hydrogen-bond acceptors (Lipinski definition) is 2. The Kier molecular flexibility index (Phi) is 6.97. The predicted molar refractivity (Wildman–Crippen MR) is 77.8 cm³/mol. The Morgan fingerprint density at radius 3 is 2.84 bits per heavy atom. The highest BCUT2D eigenvalue weighted by molar-refractivity contribution is 5.90. The summed E-state index contributed by atoms with van der Waals surface area (Å²) < 4.78 is 5.12. The zero-order valence-corrected chi connectivity index (χ0v) is 12.2. The number of hydrogen-bond donors (Lipinski definition) is 2. The number of nitrogens with one attached hydrogen (secondary N) is 2. The Hall–Kier alpha value is -1.55. The van der Waals surface area contributed by atoms with Gasteiger partial charge >= 0.3 is 0 Å². The van der Waals surface area contributed by atoms with Crippen molar-refractivity contribution in [1.82, 2.24) is 0 Å². The summed E-state index contributed by atoms with van der Waals surface area (Å²) in [5.74, 6) is 0.813. The van der Waals surface area contributed by atoms with Crippen molar-refractivity contribution < 1.29 is 14.4 Å². The van der Waals surface area contributed by atoms with Crippen LogP contribution in [0.4, 0.5) is 5.69 Å². The van der Waals surface area contributed by atoms with Gasteiger partial charge in [0.05, 0.1) is 33.7 Å². The summed E-state index contributed by atoms with van der Waals surface area (Å²) in [6.45, 7) is 4.18. The Labute approximate surface area is 115 Å². The number of methoxy groups -OCH3 is 1. The van der Waals surface area contributed by atoms with Gasteiger partial charge < -0.3 is 15.0 Å². The van der Waals surface area contributed by atoms with Gasteiger partial charge in [0.2, 0.25) is 5.91 Å². The summed E-state index contributed by atoms with van der Waals surface area (Å²) in [5, 5.41) is 2.90. The van der Waals surface area contributed by atoms with Crippen LogP contribution < -0.4 is 15.0 Å². The lowest BCUT2D eigenvalue weighted by molar-refractivity contribution is -0.879. The maximum atomic E-state index is 11.8. The highest BCUT2D eigenvalue weighted by Gasteiger charge is 2.07. The summed E-state index contributed by atoms with van der Waals surface area (Å²) in [4.78, 5) is 13.2. The molecule has 0 aliphatic carbocycles. The van der Waals surface area contributed by atoms with E-state index in [0.717, 1.165) is 24.5 Å². The minimum Gasteiger partial charge on any atom is -0.497 e. The van der Waals surface area contributed by atoms with Gasteiger partial charge in [0.15, 0.2) is 0 Å². The number of carbonyl (C=O) groups is 1. The van der Waals surface area contributed by atoms with E-state index in [1.807, 2.05) is 24.3 Å². The lowest BCUT2D eigenvalue weighted by atomic mass is 10.2. The average molecular weight is 265 g/mol. The van der Waals surface area contributed by atoms with Crippen molar-refractivity contribution in [2.45, 2.75) is 26.2 Å². The number of rotatable bonds is 8. The normalized spacial score (nSPS) is 11.9. The molecular formula is C15H25N2O2+. The van der Waals surface area contributed by atoms with Gasteiger partial charge in [0.25, 0.3) is 0 Å². The molecule has 4 nitrogen and oxygen atoms in total. The molecule has 0 saturated carbocycles. The second kappa shape index (κ2) is 8.53. The van der Waals surface area contributed by atoms with Crippen LogP contribution in [0.15, 0.2) is 24.3 Å². The quantitative estimate of drug-likeness (QED) is 0.745. The molecule has 0 bridgehead atoms. The van der Waals surface area contributed by atoms with Crippen LogP contribution in [-0.4, -0.2) is 33.2 Å². The first kappa shape index (κ1) is 15.5. The number of unbranched alkanes of at least 4 members (excludes halogenated alkanes) is 1. The molecule has 1 amide bonds. The van der Waals surface area contributed by atoms with Crippen LogP contribution in [0.1, 0.15) is 26.2 Å². The van der Waals surface area contributed by atoms with Crippen LogP contribution in [-0.2, 0) is 4.79 Å². The van der Waals surface area contributed by atoms with E-state index >= 15 is 0 Å². The van der Waals surface area contributed by atoms with E-state index in [1.165, 1.54) is 17.7 Å². The van der Waals surface area contributed by atoms with Crippen molar-refractivity contribution in [3.05, 3.63) is 24.3 Å².